The molecule has 0 aliphatic heterocycles. The SMILES string of the molecule is CC(C)CNCCC12CC3CC(CC(C3)C1c1cccs1)C2.Cl. The van der Waals surface area contributed by atoms with E-state index in [-0.39, 0.29) is 12.4 Å². The Morgan fingerprint density at radius 3 is 2.57 bits per heavy atom. The van der Waals surface area contributed by atoms with Gasteiger partial charge in [-0.15, -0.1) is 23.7 Å². The van der Waals surface area contributed by atoms with Crippen molar-refractivity contribution in [3.05, 3.63) is 22.4 Å². The van der Waals surface area contributed by atoms with Crippen molar-refractivity contribution in [3.8, 4) is 0 Å². The summed E-state index contributed by atoms with van der Waals surface area (Å²) < 4.78 is 0. The van der Waals surface area contributed by atoms with Crippen molar-refractivity contribution < 1.29 is 0 Å². The van der Waals surface area contributed by atoms with Crippen molar-refractivity contribution in [3.63, 3.8) is 0 Å². The predicted molar refractivity (Wildman–Crippen MR) is 103 cm³/mol. The Morgan fingerprint density at radius 1 is 1.22 bits per heavy atom. The Bertz CT molecular complexity index is 484. The Kier molecular flexibility index (Phi) is 5.45. The van der Waals surface area contributed by atoms with E-state index in [2.05, 4.69) is 36.7 Å². The van der Waals surface area contributed by atoms with Gasteiger partial charge in [0.25, 0.3) is 0 Å². The lowest BCUT2D eigenvalue weighted by molar-refractivity contribution is -0.0785. The Morgan fingerprint density at radius 2 is 1.96 bits per heavy atom. The van der Waals surface area contributed by atoms with Crippen molar-refractivity contribution in [1.82, 2.24) is 5.32 Å². The lowest BCUT2D eigenvalue weighted by Gasteiger charge is -2.61. The van der Waals surface area contributed by atoms with E-state index >= 15 is 0 Å². The lowest BCUT2D eigenvalue weighted by Crippen LogP contribution is -2.52. The minimum atomic E-state index is 0. The zero-order chi connectivity index (χ0) is 15.2. The van der Waals surface area contributed by atoms with E-state index in [1.165, 1.54) is 45.2 Å². The van der Waals surface area contributed by atoms with Gasteiger partial charge in [0, 0.05) is 10.8 Å². The summed E-state index contributed by atoms with van der Waals surface area (Å²) in [5.74, 6) is 4.75. The fourth-order valence-corrected chi connectivity index (χ4v) is 7.36. The predicted octanol–water partition coefficient (Wildman–Crippen LogP) is 5.72. The van der Waals surface area contributed by atoms with Gasteiger partial charge >= 0.3 is 0 Å². The Balaban J connectivity index is 0.00000156. The van der Waals surface area contributed by atoms with Gasteiger partial charge in [0.2, 0.25) is 0 Å². The van der Waals surface area contributed by atoms with Crippen LogP contribution < -0.4 is 5.32 Å². The fraction of sp³-hybridized carbons (Fsp3) is 0.800. The van der Waals surface area contributed by atoms with E-state index in [0.717, 1.165) is 29.6 Å². The van der Waals surface area contributed by atoms with Gasteiger partial charge in [-0.3, -0.25) is 0 Å². The van der Waals surface area contributed by atoms with E-state index in [1.807, 2.05) is 11.3 Å². The first-order valence-corrected chi connectivity index (χ1v) is 10.3. The van der Waals surface area contributed by atoms with Gasteiger partial charge in [-0.05, 0) is 92.1 Å². The van der Waals surface area contributed by atoms with Gasteiger partial charge in [-0.2, -0.15) is 0 Å². The highest BCUT2D eigenvalue weighted by Gasteiger charge is 2.56. The van der Waals surface area contributed by atoms with Crippen LogP contribution >= 0.6 is 23.7 Å². The van der Waals surface area contributed by atoms with E-state index in [0.29, 0.717) is 5.41 Å². The normalized spacial score (nSPS) is 38.0. The second-order valence-electron chi connectivity index (χ2n) is 8.81. The molecular weight excluding hydrogens is 322 g/mol. The molecule has 0 spiro atoms. The standard InChI is InChI=1S/C20H31NS.ClH/c1-14(2)13-21-6-5-20-11-15-8-16(12-20)10-17(9-15)19(20)18-4-3-7-22-18;/h3-4,7,14-17,19,21H,5-6,8-13H2,1-2H3;1H. The van der Waals surface area contributed by atoms with Crippen molar-refractivity contribution >= 4 is 23.7 Å². The molecule has 4 saturated carbocycles. The van der Waals surface area contributed by atoms with Gasteiger partial charge < -0.3 is 5.32 Å². The molecule has 4 aliphatic carbocycles. The molecule has 0 saturated heterocycles. The van der Waals surface area contributed by atoms with Crippen molar-refractivity contribution in [1.29, 1.82) is 0 Å². The fourth-order valence-electron chi connectivity index (χ4n) is 6.30. The molecular formula is C20H32ClNS. The van der Waals surface area contributed by atoms with Crippen LogP contribution in [0.25, 0.3) is 0 Å². The van der Waals surface area contributed by atoms with Crippen LogP contribution in [0, 0.1) is 29.1 Å². The topological polar surface area (TPSA) is 12.0 Å². The summed E-state index contributed by atoms with van der Waals surface area (Å²) in [6.07, 6.45) is 9.05. The number of halogens is 1. The summed E-state index contributed by atoms with van der Waals surface area (Å²) in [4.78, 5) is 1.70. The highest BCUT2D eigenvalue weighted by molar-refractivity contribution is 7.10. The summed E-state index contributed by atoms with van der Waals surface area (Å²) in [7, 11) is 0. The molecule has 0 amide bonds. The van der Waals surface area contributed by atoms with E-state index < -0.39 is 0 Å². The maximum atomic E-state index is 3.73. The third kappa shape index (κ3) is 3.37. The van der Waals surface area contributed by atoms with Gasteiger partial charge in [0.1, 0.15) is 0 Å². The molecule has 1 aromatic rings. The van der Waals surface area contributed by atoms with Crippen LogP contribution in [0.2, 0.25) is 0 Å². The summed E-state index contributed by atoms with van der Waals surface area (Å²) >= 11 is 2.02. The minimum Gasteiger partial charge on any atom is -0.316 e. The smallest absolute Gasteiger partial charge is 0.00845 e. The van der Waals surface area contributed by atoms with Crippen LogP contribution in [0.1, 0.15) is 63.2 Å². The molecule has 3 atom stereocenters. The molecule has 0 aromatic carbocycles. The van der Waals surface area contributed by atoms with Gasteiger partial charge in [0.05, 0.1) is 0 Å². The molecule has 130 valence electrons. The van der Waals surface area contributed by atoms with Crippen molar-refractivity contribution in [2.75, 3.05) is 13.1 Å². The molecule has 3 unspecified atom stereocenters. The maximum absolute atomic E-state index is 3.73. The highest BCUT2D eigenvalue weighted by Crippen LogP contribution is 2.67. The maximum Gasteiger partial charge on any atom is 0.00845 e. The summed E-state index contributed by atoms with van der Waals surface area (Å²) in [6, 6.07) is 4.71. The molecule has 4 bridgehead atoms. The molecule has 0 radical (unpaired) electrons. The molecule has 23 heavy (non-hydrogen) atoms. The second-order valence-corrected chi connectivity index (χ2v) is 9.79. The van der Waals surface area contributed by atoms with Crippen LogP contribution in [0.3, 0.4) is 0 Å². The van der Waals surface area contributed by atoms with Crippen LogP contribution in [-0.2, 0) is 0 Å². The summed E-state index contributed by atoms with van der Waals surface area (Å²) in [6.45, 7) is 7.03. The van der Waals surface area contributed by atoms with Crippen LogP contribution in [0.4, 0.5) is 0 Å². The molecule has 1 heterocycles. The van der Waals surface area contributed by atoms with Gasteiger partial charge in [-0.25, -0.2) is 0 Å². The molecule has 1 nitrogen and oxygen atoms in total. The van der Waals surface area contributed by atoms with Crippen LogP contribution in [0.5, 0.6) is 0 Å². The number of thiophene rings is 1. The summed E-state index contributed by atoms with van der Waals surface area (Å²) in [5.41, 5.74) is 0.629. The average Bonchev–Trinajstić information content (AvgIpc) is 2.96. The lowest BCUT2D eigenvalue weighted by atomic mass is 9.44. The first-order chi connectivity index (χ1) is 10.7. The molecule has 4 aliphatic rings. The molecule has 5 rings (SSSR count). The summed E-state index contributed by atoms with van der Waals surface area (Å²) in [5, 5.41) is 6.03. The van der Waals surface area contributed by atoms with Gasteiger partial charge in [0.15, 0.2) is 0 Å². The second kappa shape index (κ2) is 7.06. The highest BCUT2D eigenvalue weighted by atomic mass is 35.5. The Labute approximate surface area is 152 Å². The van der Waals surface area contributed by atoms with Crippen molar-refractivity contribution in [2.24, 2.45) is 29.1 Å². The zero-order valence-corrected chi connectivity index (χ0v) is 16.2. The molecule has 1 N–H and O–H groups in total. The van der Waals surface area contributed by atoms with E-state index in [9.17, 15) is 0 Å². The number of nitrogens with one attached hydrogen (secondary N) is 1. The van der Waals surface area contributed by atoms with Crippen molar-refractivity contribution in [2.45, 2.75) is 58.3 Å². The van der Waals surface area contributed by atoms with Crippen LogP contribution in [0.15, 0.2) is 17.5 Å². The molecule has 1 aromatic heterocycles. The van der Waals surface area contributed by atoms with E-state index in [1.54, 1.807) is 11.3 Å². The monoisotopic (exact) mass is 353 g/mol. The zero-order valence-electron chi connectivity index (χ0n) is 14.6. The quantitative estimate of drug-likeness (QED) is 0.645. The minimum absolute atomic E-state index is 0. The third-order valence-corrected chi connectivity index (χ3v) is 7.62. The third-order valence-electron chi connectivity index (χ3n) is 6.66. The van der Waals surface area contributed by atoms with Gasteiger partial charge in [-0.1, -0.05) is 19.9 Å². The average molecular weight is 354 g/mol. The molecule has 3 heteroatoms. The largest absolute Gasteiger partial charge is 0.316 e. The number of rotatable bonds is 6. The number of hydrogen-bond acceptors (Lipinski definition) is 2. The van der Waals surface area contributed by atoms with Crippen LogP contribution in [-0.4, -0.2) is 13.1 Å². The first kappa shape index (κ1) is 17.8. The first-order valence-electron chi connectivity index (χ1n) is 9.40. The Hall–Kier alpha value is -0.0500. The number of hydrogen-bond donors (Lipinski definition) is 1. The molecule has 4 fully saturated rings. The van der Waals surface area contributed by atoms with E-state index in [4.69, 9.17) is 0 Å².